The van der Waals surface area contributed by atoms with Crippen molar-refractivity contribution in [2.24, 2.45) is 0 Å². The second kappa shape index (κ2) is 5.19. The number of hydroxylamine groups is 2. The van der Waals surface area contributed by atoms with Crippen LogP contribution in [0.5, 0.6) is 0 Å². The smallest absolute Gasteiger partial charge is 0.261 e. The zero-order chi connectivity index (χ0) is 14.0. The Balaban J connectivity index is 2.07. The number of nitrogens with zero attached hydrogens (tertiary/aromatic N) is 2. The standard InChI is InChI=1S/C13H14N2O4/c1-14(19-2)11(16)7-8-15-12(17)9-5-3-4-6-10(9)13(15)18/h3-6H,7-8H2,1-2H3. The van der Waals surface area contributed by atoms with Gasteiger partial charge in [0.05, 0.1) is 18.2 Å². The van der Waals surface area contributed by atoms with E-state index in [2.05, 4.69) is 0 Å². The first-order valence-corrected chi connectivity index (χ1v) is 5.82. The summed E-state index contributed by atoms with van der Waals surface area (Å²) < 4.78 is 0. The van der Waals surface area contributed by atoms with Crippen LogP contribution in [0, 0.1) is 0 Å². The van der Waals surface area contributed by atoms with Gasteiger partial charge in [-0.15, -0.1) is 0 Å². The lowest BCUT2D eigenvalue weighted by molar-refractivity contribution is -0.168. The Morgan fingerprint density at radius 2 is 1.74 bits per heavy atom. The molecule has 1 heterocycles. The average Bonchev–Trinajstić information content (AvgIpc) is 2.68. The third-order valence-corrected chi connectivity index (χ3v) is 3.05. The molecule has 100 valence electrons. The zero-order valence-electron chi connectivity index (χ0n) is 10.8. The predicted octanol–water partition coefficient (Wildman–Crippen LogP) is 0.692. The van der Waals surface area contributed by atoms with E-state index in [1.807, 2.05) is 0 Å². The molecule has 1 aromatic rings. The molecule has 0 bridgehead atoms. The van der Waals surface area contributed by atoms with Crippen LogP contribution in [-0.2, 0) is 9.63 Å². The molecule has 0 saturated carbocycles. The first-order chi connectivity index (χ1) is 9.06. The summed E-state index contributed by atoms with van der Waals surface area (Å²) >= 11 is 0. The second-order valence-corrected chi connectivity index (χ2v) is 4.13. The monoisotopic (exact) mass is 262 g/mol. The number of carbonyl (C=O) groups excluding carboxylic acids is 3. The Hall–Kier alpha value is -2.21. The zero-order valence-corrected chi connectivity index (χ0v) is 10.8. The van der Waals surface area contributed by atoms with Crippen molar-refractivity contribution in [3.8, 4) is 0 Å². The van der Waals surface area contributed by atoms with Gasteiger partial charge in [0, 0.05) is 20.0 Å². The van der Waals surface area contributed by atoms with E-state index in [9.17, 15) is 14.4 Å². The molecule has 0 aromatic heterocycles. The van der Waals surface area contributed by atoms with Crippen molar-refractivity contribution in [2.75, 3.05) is 20.7 Å². The number of amides is 3. The molecule has 6 heteroatoms. The van der Waals surface area contributed by atoms with Gasteiger partial charge < -0.3 is 0 Å². The Labute approximate surface area is 110 Å². The molecule has 1 aliphatic heterocycles. The maximum atomic E-state index is 12.0. The van der Waals surface area contributed by atoms with Crippen LogP contribution in [0.4, 0.5) is 0 Å². The third-order valence-electron chi connectivity index (χ3n) is 3.05. The van der Waals surface area contributed by atoms with Crippen molar-refractivity contribution in [3.63, 3.8) is 0 Å². The summed E-state index contributed by atoms with van der Waals surface area (Å²) in [4.78, 5) is 41.4. The summed E-state index contributed by atoms with van der Waals surface area (Å²) in [5.74, 6) is -0.999. The van der Waals surface area contributed by atoms with Crippen molar-refractivity contribution >= 4 is 17.7 Å². The van der Waals surface area contributed by atoms with E-state index < -0.39 is 0 Å². The number of hydrogen-bond acceptors (Lipinski definition) is 4. The van der Waals surface area contributed by atoms with E-state index in [1.165, 1.54) is 14.2 Å². The van der Waals surface area contributed by atoms with E-state index in [0.29, 0.717) is 11.1 Å². The first kappa shape index (κ1) is 13.2. The lowest BCUT2D eigenvalue weighted by Gasteiger charge is -2.17. The number of rotatable bonds is 4. The fraction of sp³-hybridized carbons (Fsp3) is 0.308. The van der Waals surface area contributed by atoms with Crippen LogP contribution in [0.1, 0.15) is 27.1 Å². The molecule has 6 nitrogen and oxygen atoms in total. The molecule has 0 spiro atoms. The van der Waals surface area contributed by atoms with Crippen molar-refractivity contribution in [1.82, 2.24) is 9.96 Å². The highest BCUT2D eigenvalue weighted by Gasteiger charge is 2.35. The van der Waals surface area contributed by atoms with Crippen molar-refractivity contribution in [2.45, 2.75) is 6.42 Å². The fourth-order valence-electron chi connectivity index (χ4n) is 1.91. The SMILES string of the molecule is CON(C)C(=O)CCN1C(=O)c2ccccc2C1=O. The Morgan fingerprint density at radius 1 is 1.21 bits per heavy atom. The van der Waals surface area contributed by atoms with Crippen LogP contribution in [0.3, 0.4) is 0 Å². The summed E-state index contributed by atoms with van der Waals surface area (Å²) in [5.41, 5.74) is 0.778. The number of hydrogen-bond donors (Lipinski definition) is 0. The van der Waals surface area contributed by atoms with Crippen molar-refractivity contribution < 1.29 is 19.2 Å². The van der Waals surface area contributed by atoms with Crippen LogP contribution in [0.2, 0.25) is 0 Å². The van der Waals surface area contributed by atoms with Crippen molar-refractivity contribution in [3.05, 3.63) is 35.4 Å². The molecule has 0 saturated heterocycles. The first-order valence-electron chi connectivity index (χ1n) is 5.82. The van der Waals surface area contributed by atoms with Gasteiger partial charge in [0.2, 0.25) is 5.91 Å². The summed E-state index contributed by atoms with van der Waals surface area (Å²) in [6.07, 6.45) is 0.0375. The highest BCUT2D eigenvalue weighted by Crippen LogP contribution is 2.22. The molecule has 0 atom stereocenters. The lowest BCUT2D eigenvalue weighted by Crippen LogP contribution is -2.35. The van der Waals surface area contributed by atoms with Gasteiger partial charge in [-0.05, 0) is 12.1 Å². The third kappa shape index (κ3) is 2.34. The average molecular weight is 262 g/mol. The molecule has 0 N–H and O–H groups in total. The Bertz CT molecular complexity index is 506. The molecule has 1 aromatic carbocycles. The highest BCUT2D eigenvalue weighted by molar-refractivity contribution is 6.21. The summed E-state index contributed by atoms with van der Waals surface area (Å²) in [5, 5.41) is 1.07. The summed E-state index contributed by atoms with van der Waals surface area (Å²) in [7, 11) is 2.85. The fourth-order valence-corrected chi connectivity index (χ4v) is 1.91. The lowest BCUT2D eigenvalue weighted by atomic mass is 10.1. The minimum atomic E-state index is -0.353. The molecule has 0 unspecified atom stereocenters. The topological polar surface area (TPSA) is 66.9 Å². The molecule has 2 rings (SSSR count). The molecule has 1 aliphatic rings. The van der Waals surface area contributed by atoms with Gasteiger partial charge in [0.15, 0.2) is 0 Å². The minimum absolute atomic E-state index is 0.0375. The highest BCUT2D eigenvalue weighted by atomic mass is 16.7. The Morgan fingerprint density at radius 3 is 2.21 bits per heavy atom. The molecule has 0 radical (unpaired) electrons. The van der Waals surface area contributed by atoms with Gasteiger partial charge in [-0.2, -0.15) is 0 Å². The summed E-state index contributed by atoms with van der Waals surface area (Å²) in [6, 6.07) is 6.63. The maximum Gasteiger partial charge on any atom is 0.261 e. The molecule has 19 heavy (non-hydrogen) atoms. The molecule has 3 amide bonds. The van der Waals surface area contributed by atoms with Gasteiger partial charge in [-0.3, -0.25) is 24.1 Å². The van der Waals surface area contributed by atoms with E-state index >= 15 is 0 Å². The number of benzene rings is 1. The van der Waals surface area contributed by atoms with Gasteiger partial charge in [0.1, 0.15) is 0 Å². The van der Waals surface area contributed by atoms with Gasteiger partial charge in [0.25, 0.3) is 11.8 Å². The largest absolute Gasteiger partial charge is 0.275 e. The van der Waals surface area contributed by atoms with Crippen LogP contribution < -0.4 is 0 Å². The normalized spacial score (nSPS) is 13.7. The summed E-state index contributed by atoms with van der Waals surface area (Å²) in [6.45, 7) is 0.0544. The molecule has 0 aliphatic carbocycles. The van der Waals surface area contributed by atoms with Gasteiger partial charge in [-0.1, -0.05) is 12.1 Å². The molecular formula is C13H14N2O4. The Kier molecular flexibility index (Phi) is 3.62. The maximum absolute atomic E-state index is 12.0. The van der Waals surface area contributed by atoms with Gasteiger partial charge in [-0.25, -0.2) is 5.06 Å². The number of fused-ring (bicyclic) bond motifs is 1. The van der Waals surface area contributed by atoms with Crippen LogP contribution in [0.25, 0.3) is 0 Å². The second-order valence-electron chi connectivity index (χ2n) is 4.13. The van der Waals surface area contributed by atoms with E-state index in [-0.39, 0.29) is 30.7 Å². The van der Waals surface area contributed by atoms with Crippen molar-refractivity contribution in [1.29, 1.82) is 0 Å². The van der Waals surface area contributed by atoms with E-state index in [0.717, 1.165) is 9.96 Å². The van der Waals surface area contributed by atoms with E-state index in [1.54, 1.807) is 24.3 Å². The van der Waals surface area contributed by atoms with E-state index in [4.69, 9.17) is 4.84 Å². The number of carbonyl (C=O) groups is 3. The van der Waals surface area contributed by atoms with Crippen LogP contribution in [0.15, 0.2) is 24.3 Å². The molecule has 0 fully saturated rings. The molecular weight excluding hydrogens is 248 g/mol. The van der Waals surface area contributed by atoms with Crippen LogP contribution >= 0.6 is 0 Å². The quantitative estimate of drug-likeness (QED) is 0.591. The minimum Gasteiger partial charge on any atom is -0.275 e. The number of imide groups is 1. The van der Waals surface area contributed by atoms with Gasteiger partial charge >= 0.3 is 0 Å². The van der Waals surface area contributed by atoms with Crippen LogP contribution in [-0.4, -0.2) is 48.4 Å². The predicted molar refractivity (Wildman–Crippen MR) is 66.2 cm³/mol.